The first-order valence-electron chi connectivity index (χ1n) is 7.49. The van der Waals surface area contributed by atoms with E-state index in [4.69, 9.17) is 0 Å². The number of nitrogens with one attached hydrogen (secondary N) is 2. The van der Waals surface area contributed by atoms with E-state index in [2.05, 4.69) is 10.6 Å². The Bertz CT molecular complexity index is 895. The molecule has 0 aromatic heterocycles. The van der Waals surface area contributed by atoms with Crippen molar-refractivity contribution in [2.75, 3.05) is 10.6 Å². The van der Waals surface area contributed by atoms with Gasteiger partial charge in [0.2, 0.25) is 0 Å². The van der Waals surface area contributed by atoms with Crippen LogP contribution >= 0.6 is 0 Å². The zero-order valence-corrected chi connectivity index (χ0v) is 13.8. The van der Waals surface area contributed by atoms with Crippen LogP contribution in [0.4, 0.5) is 11.4 Å². The number of aromatic hydroxyl groups is 1. The second kappa shape index (κ2) is 7.79. The molecule has 0 unspecified atom stereocenters. The highest BCUT2D eigenvalue weighted by Gasteiger charge is 2.10. The molecular formula is C19H17N3O3. The fourth-order valence-corrected chi connectivity index (χ4v) is 2.12. The van der Waals surface area contributed by atoms with Crippen LogP contribution in [0.15, 0.2) is 54.2 Å². The highest BCUT2D eigenvalue weighted by Crippen LogP contribution is 2.20. The first kappa shape index (κ1) is 17.8. The van der Waals surface area contributed by atoms with Gasteiger partial charge in [-0.15, -0.1) is 0 Å². The molecule has 0 aliphatic carbocycles. The predicted octanol–water partition coefficient (Wildman–Crippen LogP) is 3.36. The van der Waals surface area contributed by atoms with Gasteiger partial charge in [-0.3, -0.25) is 9.59 Å². The summed E-state index contributed by atoms with van der Waals surface area (Å²) < 4.78 is 0. The Labute approximate surface area is 145 Å². The van der Waals surface area contributed by atoms with E-state index < -0.39 is 5.91 Å². The average Bonchev–Trinajstić information content (AvgIpc) is 2.57. The number of nitriles is 1. The number of hydrogen-bond acceptors (Lipinski definition) is 5. The van der Waals surface area contributed by atoms with Gasteiger partial charge in [-0.25, -0.2) is 0 Å². The number of phenolic OH excluding ortho intramolecular Hbond substituents is 1. The molecule has 1 amide bonds. The lowest BCUT2D eigenvalue weighted by Crippen LogP contribution is -2.15. The Kier molecular flexibility index (Phi) is 5.54. The van der Waals surface area contributed by atoms with E-state index in [0.717, 1.165) is 5.56 Å². The Morgan fingerprint density at radius 1 is 1.20 bits per heavy atom. The number of amides is 1. The van der Waals surface area contributed by atoms with Gasteiger partial charge >= 0.3 is 0 Å². The number of aryl methyl sites for hydroxylation is 1. The molecule has 2 aromatic carbocycles. The van der Waals surface area contributed by atoms with E-state index in [0.29, 0.717) is 16.9 Å². The van der Waals surface area contributed by atoms with Crippen molar-refractivity contribution in [3.8, 4) is 11.8 Å². The predicted molar refractivity (Wildman–Crippen MR) is 95.2 cm³/mol. The minimum atomic E-state index is -0.591. The summed E-state index contributed by atoms with van der Waals surface area (Å²) in [5.74, 6) is -0.570. The number of phenols is 1. The van der Waals surface area contributed by atoms with Gasteiger partial charge in [0.25, 0.3) is 5.91 Å². The van der Waals surface area contributed by atoms with Gasteiger partial charge in [0, 0.05) is 23.1 Å². The Balaban J connectivity index is 2.14. The van der Waals surface area contributed by atoms with Crippen LogP contribution in [-0.4, -0.2) is 16.8 Å². The topological polar surface area (TPSA) is 102 Å². The maximum absolute atomic E-state index is 12.2. The second-order valence-corrected chi connectivity index (χ2v) is 5.40. The fraction of sp³-hybridized carbons (Fsp3) is 0.105. The number of nitrogens with zero attached hydrogens (tertiary/aromatic N) is 1. The summed E-state index contributed by atoms with van der Waals surface area (Å²) >= 11 is 0. The summed E-state index contributed by atoms with van der Waals surface area (Å²) in [6.45, 7) is 3.22. The third kappa shape index (κ3) is 4.69. The molecule has 0 radical (unpaired) electrons. The standard InChI is InChI=1S/C19H17N3O3/c1-12-8-17(24)6-7-18(12)21-11-15(10-20)19(25)22-16-5-3-4-14(9-16)13(2)23/h3-9,11,21,24H,1-2H3,(H,22,25)/b15-11-. The molecule has 0 aliphatic rings. The van der Waals surface area contributed by atoms with Gasteiger partial charge in [-0.2, -0.15) is 5.26 Å². The summed E-state index contributed by atoms with van der Waals surface area (Å²) in [7, 11) is 0. The van der Waals surface area contributed by atoms with Crippen molar-refractivity contribution >= 4 is 23.1 Å². The van der Waals surface area contributed by atoms with Gasteiger partial charge in [0.1, 0.15) is 17.4 Å². The van der Waals surface area contributed by atoms with Crippen molar-refractivity contribution in [1.82, 2.24) is 0 Å². The van der Waals surface area contributed by atoms with Crippen LogP contribution in [0, 0.1) is 18.3 Å². The van der Waals surface area contributed by atoms with Crippen molar-refractivity contribution in [3.05, 3.63) is 65.4 Å². The molecule has 0 saturated heterocycles. The molecule has 0 atom stereocenters. The first-order valence-corrected chi connectivity index (χ1v) is 7.49. The number of Topliss-reactive ketones (excluding diaryl/α,β-unsaturated/α-hetero) is 1. The van der Waals surface area contributed by atoms with Crippen LogP contribution in [0.1, 0.15) is 22.8 Å². The molecule has 25 heavy (non-hydrogen) atoms. The van der Waals surface area contributed by atoms with Crippen LogP contribution in [0.3, 0.4) is 0 Å². The van der Waals surface area contributed by atoms with Gasteiger partial charge in [-0.1, -0.05) is 12.1 Å². The maximum atomic E-state index is 12.2. The second-order valence-electron chi connectivity index (χ2n) is 5.40. The zero-order valence-electron chi connectivity index (χ0n) is 13.8. The number of benzene rings is 2. The fourth-order valence-electron chi connectivity index (χ4n) is 2.12. The summed E-state index contributed by atoms with van der Waals surface area (Å²) in [6.07, 6.45) is 1.30. The molecule has 0 heterocycles. The highest BCUT2D eigenvalue weighted by atomic mass is 16.3. The molecule has 6 heteroatoms. The number of ketones is 1. The van der Waals surface area contributed by atoms with E-state index in [1.54, 1.807) is 43.3 Å². The van der Waals surface area contributed by atoms with E-state index in [1.165, 1.54) is 19.2 Å². The number of hydrogen-bond donors (Lipinski definition) is 3. The Hall–Kier alpha value is -3.59. The summed E-state index contributed by atoms with van der Waals surface area (Å²) in [5, 5.41) is 24.0. The average molecular weight is 335 g/mol. The van der Waals surface area contributed by atoms with Crippen molar-refractivity contribution in [2.45, 2.75) is 13.8 Å². The van der Waals surface area contributed by atoms with Crippen molar-refractivity contribution in [2.24, 2.45) is 0 Å². The molecule has 126 valence electrons. The molecule has 0 bridgehead atoms. The van der Waals surface area contributed by atoms with Crippen molar-refractivity contribution in [3.63, 3.8) is 0 Å². The third-order valence-electron chi connectivity index (χ3n) is 3.47. The van der Waals surface area contributed by atoms with E-state index in [9.17, 15) is 20.0 Å². The maximum Gasteiger partial charge on any atom is 0.267 e. The zero-order chi connectivity index (χ0) is 18.4. The monoisotopic (exact) mass is 335 g/mol. The number of carbonyl (C=O) groups is 2. The molecular weight excluding hydrogens is 318 g/mol. The molecule has 3 N–H and O–H groups in total. The SMILES string of the molecule is CC(=O)c1cccc(NC(=O)/C(C#N)=C\Nc2ccc(O)cc2C)c1. The van der Waals surface area contributed by atoms with Gasteiger partial charge in [0.15, 0.2) is 5.78 Å². The minimum absolute atomic E-state index is 0.114. The van der Waals surface area contributed by atoms with E-state index in [1.807, 2.05) is 6.07 Å². The van der Waals surface area contributed by atoms with E-state index >= 15 is 0 Å². The molecule has 0 saturated carbocycles. The Morgan fingerprint density at radius 3 is 2.60 bits per heavy atom. The van der Waals surface area contributed by atoms with Crippen LogP contribution in [0.2, 0.25) is 0 Å². The molecule has 6 nitrogen and oxygen atoms in total. The summed E-state index contributed by atoms with van der Waals surface area (Å²) in [5.41, 5.74) is 2.21. The number of anilines is 2. The normalized spacial score (nSPS) is 10.7. The van der Waals surface area contributed by atoms with Crippen LogP contribution in [0.5, 0.6) is 5.75 Å². The van der Waals surface area contributed by atoms with Gasteiger partial charge in [-0.05, 0) is 49.7 Å². The number of carbonyl (C=O) groups excluding carboxylic acids is 2. The lowest BCUT2D eigenvalue weighted by molar-refractivity contribution is -0.112. The largest absolute Gasteiger partial charge is 0.508 e. The Morgan fingerprint density at radius 2 is 1.96 bits per heavy atom. The van der Waals surface area contributed by atoms with Crippen LogP contribution in [-0.2, 0) is 4.79 Å². The third-order valence-corrected chi connectivity index (χ3v) is 3.47. The van der Waals surface area contributed by atoms with Gasteiger partial charge < -0.3 is 15.7 Å². The lowest BCUT2D eigenvalue weighted by Gasteiger charge is -2.08. The van der Waals surface area contributed by atoms with Crippen molar-refractivity contribution in [1.29, 1.82) is 5.26 Å². The molecule has 0 aliphatic heterocycles. The quantitative estimate of drug-likeness (QED) is 0.336. The van der Waals surface area contributed by atoms with Crippen molar-refractivity contribution < 1.29 is 14.7 Å². The van der Waals surface area contributed by atoms with Crippen LogP contribution < -0.4 is 10.6 Å². The molecule has 2 aromatic rings. The van der Waals surface area contributed by atoms with Crippen LogP contribution in [0.25, 0.3) is 0 Å². The van der Waals surface area contributed by atoms with E-state index in [-0.39, 0.29) is 17.1 Å². The van der Waals surface area contributed by atoms with Gasteiger partial charge in [0.05, 0.1) is 0 Å². The molecule has 2 rings (SSSR count). The number of rotatable bonds is 5. The molecule has 0 spiro atoms. The first-order chi connectivity index (χ1) is 11.9. The summed E-state index contributed by atoms with van der Waals surface area (Å²) in [4.78, 5) is 23.6. The smallest absolute Gasteiger partial charge is 0.267 e. The lowest BCUT2D eigenvalue weighted by atomic mass is 10.1. The summed E-state index contributed by atoms with van der Waals surface area (Å²) in [6, 6.07) is 13.0. The molecule has 0 fully saturated rings. The highest BCUT2D eigenvalue weighted by molar-refractivity contribution is 6.07. The minimum Gasteiger partial charge on any atom is -0.508 e.